The number of nitro groups is 1. The number of nitrogens with zero attached hydrogens (tertiary/aromatic N) is 2. The van der Waals surface area contributed by atoms with Gasteiger partial charge >= 0.3 is 0 Å². The number of hydrogen-bond acceptors (Lipinski definition) is 4. The van der Waals surface area contributed by atoms with Crippen molar-refractivity contribution in [2.75, 3.05) is 5.32 Å². The van der Waals surface area contributed by atoms with Gasteiger partial charge in [0.2, 0.25) is 0 Å². The Balaban J connectivity index is 2.21. The van der Waals surface area contributed by atoms with Crippen LogP contribution in [0.4, 0.5) is 11.4 Å². The van der Waals surface area contributed by atoms with Crippen molar-refractivity contribution in [1.82, 2.24) is 4.98 Å². The van der Waals surface area contributed by atoms with E-state index in [1.54, 1.807) is 12.1 Å². The Hall–Kier alpha value is -1.99. The van der Waals surface area contributed by atoms with Crippen LogP contribution in [0.15, 0.2) is 41.1 Å². The third kappa shape index (κ3) is 3.31. The number of carbonyl (C=O) groups is 1. The van der Waals surface area contributed by atoms with Crippen LogP contribution in [0.25, 0.3) is 0 Å². The van der Waals surface area contributed by atoms with Gasteiger partial charge in [-0.25, -0.2) is 4.98 Å². The molecular formula is C12H7BrClN3O3. The van der Waals surface area contributed by atoms with Gasteiger partial charge in [0.05, 0.1) is 10.5 Å². The molecule has 0 unspecified atom stereocenters. The minimum Gasteiger partial charge on any atom is -0.322 e. The van der Waals surface area contributed by atoms with Crippen LogP contribution >= 0.6 is 27.5 Å². The number of amides is 1. The Kier molecular flexibility index (Phi) is 4.31. The second kappa shape index (κ2) is 5.98. The Labute approximate surface area is 127 Å². The molecule has 0 aliphatic rings. The highest BCUT2D eigenvalue weighted by atomic mass is 79.9. The van der Waals surface area contributed by atoms with E-state index in [2.05, 4.69) is 26.2 Å². The SMILES string of the molecule is O=C(Nc1ccc(Cl)c([N+](=O)[O-])c1)c1ccc(Br)nc1. The minimum absolute atomic E-state index is 0.0123. The lowest BCUT2D eigenvalue weighted by molar-refractivity contribution is -0.384. The molecule has 0 spiro atoms. The monoisotopic (exact) mass is 355 g/mol. The van der Waals surface area contributed by atoms with E-state index in [0.717, 1.165) is 0 Å². The van der Waals surface area contributed by atoms with Crippen molar-refractivity contribution in [2.45, 2.75) is 0 Å². The molecule has 20 heavy (non-hydrogen) atoms. The van der Waals surface area contributed by atoms with E-state index in [0.29, 0.717) is 10.2 Å². The van der Waals surface area contributed by atoms with Gasteiger partial charge in [0.1, 0.15) is 9.63 Å². The molecule has 0 aliphatic heterocycles. The minimum atomic E-state index is -0.612. The van der Waals surface area contributed by atoms with Crippen LogP contribution < -0.4 is 5.32 Å². The summed E-state index contributed by atoms with van der Waals surface area (Å²) in [4.78, 5) is 26.0. The number of rotatable bonds is 3. The summed E-state index contributed by atoms with van der Waals surface area (Å²) < 4.78 is 0.608. The predicted octanol–water partition coefficient (Wildman–Crippen LogP) is 3.66. The quantitative estimate of drug-likeness (QED) is 0.516. The van der Waals surface area contributed by atoms with Gasteiger partial charge < -0.3 is 5.32 Å². The van der Waals surface area contributed by atoms with Crippen molar-refractivity contribution in [2.24, 2.45) is 0 Å². The molecule has 1 N–H and O–H groups in total. The van der Waals surface area contributed by atoms with Gasteiger partial charge in [0.25, 0.3) is 11.6 Å². The average Bonchev–Trinajstić information content (AvgIpc) is 2.41. The topological polar surface area (TPSA) is 85.1 Å². The van der Waals surface area contributed by atoms with Crippen LogP contribution in [0.1, 0.15) is 10.4 Å². The van der Waals surface area contributed by atoms with Crippen molar-refractivity contribution in [3.8, 4) is 0 Å². The first kappa shape index (κ1) is 14.4. The molecular weight excluding hydrogens is 350 g/mol. The molecule has 8 heteroatoms. The number of benzene rings is 1. The summed E-state index contributed by atoms with van der Waals surface area (Å²) in [6.07, 6.45) is 1.39. The summed E-state index contributed by atoms with van der Waals surface area (Å²) in [5, 5.41) is 13.3. The van der Waals surface area contributed by atoms with Crippen molar-refractivity contribution >= 4 is 44.8 Å². The number of anilines is 1. The lowest BCUT2D eigenvalue weighted by Crippen LogP contribution is -2.12. The van der Waals surface area contributed by atoms with Gasteiger partial charge in [-0.15, -0.1) is 0 Å². The van der Waals surface area contributed by atoms with Crippen LogP contribution in [0.3, 0.4) is 0 Å². The molecule has 1 aromatic carbocycles. The normalized spacial score (nSPS) is 10.1. The number of nitro benzene ring substituents is 1. The van der Waals surface area contributed by atoms with Gasteiger partial charge in [0.15, 0.2) is 0 Å². The van der Waals surface area contributed by atoms with E-state index in [9.17, 15) is 14.9 Å². The first-order valence-electron chi connectivity index (χ1n) is 5.34. The Morgan fingerprint density at radius 3 is 2.70 bits per heavy atom. The molecule has 2 aromatic rings. The maximum atomic E-state index is 11.9. The van der Waals surface area contributed by atoms with E-state index in [1.807, 2.05) is 0 Å². The fourth-order valence-electron chi connectivity index (χ4n) is 1.44. The molecule has 2 rings (SSSR count). The van der Waals surface area contributed by atoms with Crippen LogP contribution in [-0.4, -0.2) is 15.8 Å². The molecule has 1 heterocycles. The third-order valence-corrected chi connectivity index (χ3v) is 3.18. The first-order chi connectivity index (χ1) is 9.47. The lowest BCUT2D eigenvalue weighted by Gasteiger charge is -2.05. The standard InChI is InChI=1S/C12H7BrClN3O3/c13-11-4-1-7(6-15-11)12(18)16-8-2-3-9(14)10(5-8)17(19)20/h1-6H,(H,16,18). The summed E-state index contributed by atoms with van der Waals surface area (Å²) in [5.41, 5.74) is 0.359. The fourth-order valence-corrected chi connectivity index (χ4v) is 1.86. The Morgan fingerprint density at radius 2 is 2.10 bits per heavy atom. The van der Waals surface area contributed by atoms with Crippen LogP contribution in [0, 0.1) is 10.1 Å². The zero-order valence-corrected chi connectivity index (χ0v) is 12.2. The maximum absolute atomic E-state index is 11.9. The molecule has 1 aromatic heterocycles. The third-order valence-electron chi connectivity index (χ3n) is 2.39. The van der Waals surface area contributed by atoms with Gasteiger partial charge in [-0.1, -0.05) is 11.6 Å². The van der Waals surface area contributed by atoms with Crippen LogP contribution in [0.2, 0.25) is 5.02 Å². The summed E-state index contributed by atoms with van der Waals surface area (Å²) in [7, 11) is 0. The highest BCUT2D eigenvalue weighted by Gasteiger charge is 2.14. The second-order valence-electron chi connectivity index (χ2n) is 3.75. The molecule has 1 amide bonds. The highest BCUT2D eigenvalue weighted by molar-refractivity contribution is 9.10. The second-order valence-corrected chi connectivity index (χ2v) is 4.97. The van der Waals surface area contributed by atoms with E-state index < -0.39 is 10.8 Å². The number of halogens is 2. The smallest absolute Gasteiger partial charge is 0.289 e. The molecule has 102 valence electrons. The number of carbonyl (C=O) groups excluding carboxylic acids is 1. The fraction of sp³-hybridized carbons (Fsp3) is 0. The van der Waals surface area contributed by atoms with Gasteiger partial charge in [-0.2, -0.15) is 0 Å². The summed E-state index contributed by atoms with van der Waals surface area (Å²) in [6, 6.07) is 7.25. The van der Waals surface area contributed by atoms with E-state index >= 15 is 0 Å². The van der Waals surface area contributed by atoms with Gasteiger partial charge in [-0.3, -0.25) is 14.9 Å². The molecule has 0 fully saturated rings. The summed E-state index contributed by atoms with van der Waals surface area (Å²) in [6.45, 7) is 0. The van der Waals surface area contributed by atoms with E-state index in [1.165, 1.54) is 24.4 Å². The van der Waals surface area contributed by atoms with Gasteiger partial charge in [-0.05, 0) is 40.2 Å². The first-order valence-corrected chi connectivity index (χ1v) is 6.51. The molecule has 0 saturated heterocycles. The highest BCUT2D eigenvalue weighted by Crippen LogP contribution is 2.27. The molecule has 0 bridgehead atoms. The van der Waals surface area contributed by atoms with Crippen molar-refractivity contribution in [3.05, 3.63) is 61.8 Å². The Morgan fingerprint density at radius 1 is 1.35 bits per heavy atom. The number of nitrogens with one attached hydrogen (secondary N) is 1. The maximum Gasteiger partial charge on any atom is 0.289 e. The summed E-state index contributed by atoms with van der Waals surface area (Å²) in [5.74, 6) is -0.415. The average molecular weight is 357 g/mol. The zero-order valence-electron chi connectivity index (χ0n) is 9.84. The molecule has 0 saturated carbocycles. The Bertz CT molecular complexity index is 676. The lowest BCUT2D eigenvalue weighted by atomic mass is 10.2. The van der Waals surface area contributed by atoms with Crippen molar-refractivity contribution in [1.29, 1.82) is 0 Å². The van der Waals surface area contributed by atoms with E-state index in [4.69, 9.17) is 11.6 Å². The molecule has 0 atom stereocenters. The molecule has 6 nitrogen and oxygen atoms in total. The number of hydrogen-bond donors (Lipinski definition) is 1. The molecule has 0 aliphatic carbocycles. The van der Waals surface area contributed by atoms with E-state index in [-0.39, 0.29) is 16.4 Å². The van der Waals surface area contributed by atoms with Gasteiger partial charge in [0, 0.05) is 18.0 Å². The van der Waals surface area contributed by atoms with Crippen molar-refractivity contribution < 1.29 is 9.72 Å². The van der Waals surface area contributed by atoms with Crippen molar-refractivity contribution in [3.63, 3.8) is 0 Å². The number of aromatic nitrogens is 1. The largest absolute Gasteiger partial charge is 0.322 e. The molecule has 0 radical (unpaired) electrons. The summed E-state index contributed by atoms with van der Waals surface area (Å²) >= 11 is 8.85. The number of pyridine rings is 1. The van der Waals surface area contributed by atoms with Crippen LogP contribution in [-0.2, 0) is 0 Å². The zero-order chi connectivity index (χ0) is 14.7. The van der Waals surface area contributed by atoms with Crippen LogP contribution in [0.5, 0.6) is 0 Å². The predicted molar refractivity (Wildman–Crippen MR) is 78.0 cm³/mol.